The predicted octanol–water partition coefficient (Wildman–Crippen LogP) is 4.16. The van der Waals surface area contributed by atoms with Gasteiger partial charge in [-0.25, -0.2) is 4.39 Å². The number of benzene rings is 2. The lowest BCUT2D eigenvalue weighted by Gasteiger charge is -2.09. The minimum absolute atomic E-state index is 0.0821. The average Bonchev–Trinajstić information content (AvgIpc) is 2.51. The third-order valence-electron chi connectivity index (χ3n) is 3.16. The number of ether oxygens (including phenoxy) is 1. The van der Waals surface area contributed by atoms with Gasteiger partial charge in [0.1, 0.15) is 6.29 Å². The van der Waals surface area contributed by atoms with Gasteiger partial charge >= 0.3 is 0 Å². The van der Waals surface area contributed by atoms with Gasteiger partial charge in [0.2, 0.25) is 5.82 Å². The Balaban J connectivity index is 2.29. The Morgan fingerprint density at radius 1 is 1.05 bits per heavy atom. The van der Waals surface area contributed by atoms with Gasteiger partial charge in [0.15, 0.2) is 11.6 Å². The van der Waals surface area contributed by atoms with Crippen molar-refractivity contribution in [1.29, 1.82) is 0 Å². The molecule has 0 aliphatic heterocycles. The highest BCUT2D eigenvalue weighted by Gasteiger charge is 2.15. The predicted molar refractivity (Wildman–Crippen MR) is 77.3 cm³/mol. The fourth-order valence-corrected chi connectivity index (χ4v) is 2.10. The zero-order chi connectivity index (χ0) is 15.2. The van der Waals surface area contributed by atoms with Crippen molar-refractivity contribution >= 4 is 6.29 Å². The molecule has 0 amide bonds. The number of hydrogen-bond acceptors (Lipinski definition) is 2. The van der Waals surface area contributed by atoms with Crippen LogP contribution in [0.25, 0.3) is 11.1 Å². The Morgan fingerprint density at radius 3 is 2.38 bits per heavy atom. The van der Waals surface area contributed by atoms with E-state index in [0.717, 1.165) is 11.8 Å². The van der Waals surface area contributed by atoms with Crippen LogP contribution in [0.3, 0.4) is 0 Å². The van der Waals surface area contributed by atoms with E-state index in [0.29, 0.717) is 18.4 Å². The molecule has 0 N–H and O–H groups in total. The van der Waals surface area contributed by atoms with Crippen LogP contribution in [-0.4, -0.2) is 12.9 Å². The lowest BCUT2D eigenvalue weighted by Crippen LogP contribution is -1.98. The first-order valence-corrected chi connectivity index (χ1v) is 6.81. The third kappa shape index (κ3) is 3.45. The first kappa shape index (κ1) is 15.2. The molecular weight excluding hydrogens is 274 g/mol. The molecular formula is C17H16F2O2. The van der Waals surface area contributed by atoms with Gasteiger partial charge in [-0.05, 0) is 36.6 Å². The van der Waals surface area contributed by atoms with Crippen molar-refractivity contribution in [2.24, 2.45) is 0 Å². The Morgan fingerprint density at radius 2 is 1.76 bits per heavy atom. The van der Waals surface area contributed by atoms with Crippen LogP contribution in [0.2, 0.25) is 0 Å². The lowest BCUT2D eigenvalue weighted by molar-refractivity contribution is -0.107. The first-order valence-electron chi connectivity index (χ1n) is 6.81. The number of halogens is 2. The lowest BCUT2D eigenvalue weighted by atomic mass is 10.0. The van der Waals surface area contributed by atoms with Crippen LogP contribution in [0.4, 0.5) is 8.78 Å². The number of aryl methyl sites for hydroxylation is 1. The van der Waals surface area contributed by atoms with E-state index in [2.05, 4.69) is 0 Å². The Hall–Kier alpha value is -2.23. The molecule has 2 rings (SSSR count). The van der Waals surface area contributed by atoms with Gasteiger partial charge in [-0.3, -0.25) is 0 Å². The van der Waals surface area contributed by atoms with Gasteiger partial charge in [-0.15, -0.1) is 0 Å². The number of carbonyl (C=O) groups excluding carboxylic acids is 1. The van der Waals surface area contributed by atoms with Crippen molar-refractivity contribution in [1.82, 2.24) is 0 Å². The summed E-state index contributed by atoms with van der Waals surface area (Å²) in [6.45, 7) is 1.99. The third-order valence-corrected chi connectivity index (χ3v) is 3.16. The number of hydrogen-bond donors (Lipinski definition) is 0. The second-order valence-electron chi connectivity index (χ2n) is 4.57. The molecule has 110 valence electrons. The van der Waals surface area contributed by atoms with Gasteiger partial charge in [-0.1, -0.05) is 24.3 Å². The zero-order valence-electron chi connectivity index (χ0n) is 11.7. The molecule has 0 spiro atoms. The molecule has 0 heterocycles. The van der Waals surface area contributed by atoms with Crippen LogP contribution in [0.1, 0.15) is 18.9 Å². The maximum Gasteiger partial charge on any atom is 0.201 e. The van der Waals surface area contributed by atoms with Crippen molar-refractivity contribution in [2.75, 3.05) is 6.61 Å². The molecule has 0 unspecified atom stereocenters. The van der Waals surface area contributed by atoms with E-state index >= 15 is 0 Å². The first-order chi connectivity index (χ1) is 10.2. The molecule has 2 aromatic carbocycles. The topological polar surface area (TPSA) is 26.3 Å². The van der Waals surface area contributed by atoms with Crippen LogP contribution < -0.4 is 4.74 Å². The van der Waals surface area contributed by atoms with Gasteiger partial charge < -0.3 is 9.53 Å². The van der Waals surface area contributed by atoms with Crippen molar-refractivity contribution in [2.45, 2.75) is 19.8 Å². The Kier molecular flexibility index (Phi) is 5.04. The Bertz CT molecular complexity index is 621. The molecule has 0 aliphatic carbocycles. The summed E-state index contributed by atoms with van der Waals surface area (Å²) in [5, 5.41) is 0. The Labute approximate surface area is 122 Å². The molecule has 0 saturated heterocycles. The molecule has 0 aliphatic rings. The minimum Gasteiger partial charge on any atom is -0.491 e. The quantitative estimate of drug-likeness (QED) is 0.747. The van der Waals surface area contributed by atoms with E-state index < -0.39 is 11.6 Å². The van der Waals surface area contributed by atoms with E-state index in [9.17, 15) is 13.6 Å². The molecule has 4 heteroatoms. The number of rotatable bonds is 6. The van der Waals surface area contributed by atoms with Crippen LogP contribution >= 0.6 is 0 Å². The highest BCUT2D eigenvalue weighted by Crippen LogP contribution is 2.30. The van der Waals surface area contributed by atoms with Gasteiger partial charge in [0, 0.05) is 12.0 Å². The van der Waals surface area contributed by atoms with Gasteiger partial charge in [-0.2, -0.15) is 4.39 Å². The molecule has 0 atom stereocenters. The fourth-order valence-electron chi connectivity index (χ4n) is 2.10. The molecule has 0 aromatic heterocycles. The number of aldehydes is 1. The molecule has 0 bridgehead atoms. The molecule has 0 radical (unpaired) electrons. The van der Waals surface area contributed by atoms with E-state index in [-0.39, 0.29) is 17.9 Å². The SMILES string of the molecule is CCOc1ccc(-c2ccc(CCC=O)cc2)c(F)c1F. The highest BCUT2D eigenvalue weighted by molar-refractivity contribution is 5.65. The van der Waals surface area contributed by atoms with E-state index in [1.54, 1.807) is 19.1 Å². The summed E-state index contributed by atoms with van der Waals surface area (Å²) in [6, 6.07) is 10.00. The molecule has 21 heavy (non-hydrogen) atoms. The monoisotopic (exact) mass is 290 g/mol. The second kappa shape index (κ2) is 6.97. The normalized spacial score (nSPS) is 10.4. The summed E-state index contributed by atoms with van der Waals surface area (Å²) in [4.78, 5) is 10.3. The van der Waals surface area contributed by atoms with Crippen molar-refractivity contribution < 1.29 is 18.3 Å². The molecule has 2 aromatic rings. The van der Waals surface area contributed by atoms with Crippen molar-refractivity contribution in [3.8, 4) is 16.9 Å². The van der Waals surface area contributed by atoms with E-state index in [1.807, 2.05) is 12.1 Å². The van der Waals surface area contributed by atoms with Crippen molar-refractivity contribution in [3.63, 3.8) is 0 Å². The van der Waals surface area contributed by atoms with Gasteiger partial charge in [0.05, 0.1) is 6.61 Å². The summed E-state index contributed by atoms with van der Waals surface area (Å²) in [5.74, 6) is -1.97. The molecule has 2 nitrogen and oxygen atoms in total. The maximum atomic E-state index is 14.1. The summed E-state index contributed by atoms with van der Waals surface area (Å²) in [5.41, 5.74) is 1.76. The van der Waals surface area contributed by atoms with Gasteiger partial charge in [0.25, 0.3) is 0 Å². The molecule has 0 saturated carbocycles. The standard InChI is InChI=1S/C17H16F2O2/c1-2-21-15-10-9-14(16(18)17(15)19)13-7-5-12(6-8-13)4-3-11-20/h5-11H,2-4H2,1H3. The second-order valence-corrected chi connectivity index (χ2v) is 4.57. The number of carbonyl (C=O) groups is 1. The van der Waals surface area contributed by atoms with E-state index in [4.69, 9.17) is 4.74 Å². The summed E-state index contributed by atoms with van der Waals surface area (Å²) in [6.07, 6.45) is 1.95. The van der Waals surface area contributed by atoms with Crippen molar-refractivity contribution in [3.05, 3.63) is 53.6 Å². The van der Waals surface area contributed by atoms with Crippen LogP contribution in [0.15, 0.2) is 36.4 Å². The maximum absolute atomic E-state index is 14.1. The minimum atomic E-state index is -0.973. The summed E-state index contributed by atoms with van der Waals surface area (Å²) >= 11 is 0. The van der Waals surface area contributed by atoms with E-state index in [1.165, 1.54) is 12.1 Å². The average molecular weight is 290 g/mol. The zero-order valence-corrected chi connectivity index (χ0v) is 11.7. The van der Waals surface area contributed by atoms with Crippen LogP contribution in [0.5, 0.6) is 5.75 Å². The van der Waals surface area contributed by atoms with Crippen LogP contribution in [-0.2, 0) is 11.2 Å². The largest absolute Gasteiger partial charge is 0.491 e. The smallest absolute Gasteiger partial charge is 0.201 e. The highest BCUT2D eigenvalue weighted by atomic mass is 19.2. The fraction of sp³-hybridized carbons (Fsp3) is 0.235. The van der Waals surface area contributed by atoms with Crippen LogP contribution in [0, 0.1) is 11.6 Å². The molecule has 0 fully saturated rings. The summed E-state index contributed by atoms with van der Waals surface area (Å²) < 4.78 is 32.9. The summed E-state index contributed by atoms with van der Waals surface area (Å²) in [7, 11) is 0.